The van der Waals surface area contributed by atoms with Gasteiger partial charge in [-0.3, -0.25) is 4.40 Å². The fourth-order valence-electron chi connectivity index (χ4n) is 3.17. The Bertz CT molecular complexity index is 1250. The number of carbonyl (C=O) groups is 1. The number of nitrogens with zero attached hydrogens (tertiary/aromatic N) is 3. The summed E-state index contributed by atoms with van der Waals surface area (Å²) in [6.45, 7) is 0.364. The van der Waals surface area contributed by atoms with Gasteiger partial charge in [0.05, 0.1) is 41.8 Å². The van der Waals surface area contributed by atoms with E-state index in [2.05, 4.69) is 15.3 Å². The molecular weight excluding hydrogens is 401 g/mol. The Kier molecular flexibility index (Phi) is 4.69. The van der Waals surface area contributed by atoms with Gasteiger partial charge in [-0.1, -0.05) is 12.1 Å². The monoisotopic (exact) mass is 416 g/mol. The van der Waals surface area contributed by atoms with Gasteiger partial charge in [0, 0.05) is 6.54 Å². The van der Waals surface area contributed by atoms with E-state index in [1.165, 1.54) is 16.9 Å². The highest BCUT2D eigenvalue weighted by Crippen LogP contribution is 2.35. The minimum absolute atomic E-state index is 0.00458. The molecule has 2 aromatic carbocycles. The van der Waals surface area contributed by atoms with Gasteiger partial charge in [-0.15, -0.1) is 0 Å². The average Bonchev–Trinajstić information content (AvgIpc) is 3.21. The molecule has 4 aromatic rings. The third-order valence-corrected chi connectivity index (χ3v) is 4.64. The van der Waals surface area contributed by atoms with Crippen LogP contribution in [-0.2, 0) is 12.7 Å². The molecule has 0 aliphatic heterocycles. The van der Waals surface area contributed by atoms with Crippen LogP contribution in [-0.4, -0.2) is 32.6 Å². The summed E-state index contributed by atoms with van der Waals surface area (Å²) in [4.78, 5) is 19.7. The lowest BCUT2D eigenvalue weighted by atomic mass is 10.1. The van der Waals surface area contributed by atoms with Gasteiger partial charge in [0.15, 0.2) is 5.82 Å². The maximum absolute atomic E-state index is 13.4. The number of fused-ring (bicyclic) bond motifs is 3. The molecule has 0 spiro atoms. The Morgan fingerprint density at radius 2 is 1.93 bits per heavy atom. The largest absolute Gasteiger partial charge is 0.497 e. The smallest absolute Gasteiger partial charge is 0.417 e. The lowest BCUT2D eigenvalue weighted by Crippen LogP contribution is -2.14. The molecule has 2 heterocycles. The number of hydrogen-bond acceptors (Lipinski definition) is 5. The molecule has 0 radical (unpaired) electrons. The van der Waals surface area contributed by atoms with Gasteiger partial charge >= 0.3 is 12.1 Å². The van der Waals surface area contributed by atoms with Crippen molar-refractivity contribution < 1.29 is 27.8 Å². The van der Waals surface area contributed by atoms with Gasteiger partial charge in [0.25, 0.3) is 0 Å². The third kappa shape index (κ3) is 3.47. The van der Waals surface area contributed by atoms with Crippen molar-refractivity contribution in [2.45, 2.75) is 12.7 Å². The van der Waals surface area contributed by atoms with E-state index in [4.69, 9.17) is 4.74 Å². The van der Waals surface area contributed by atoms with Crippen LogP contribution in [0.25, 0.3) is 16.6 Å². The fourth-order valence-corrected chi connectivity index (χ4v) is 3.17. The van der Waals surface area contributed by atoms with Crippen molar-refractivity contribution in [3.05, 3.63) is 65.6 Å². The second-order valence-corrected chi connectivity index (χ2v) is 6.50. The Hall–Kier alpha value is -3.82. The molecule has 4 rings (SSSR count). The zero-order valence-electron chi connectivity index (χ0n) is 15.6. The van der Waals surface area contributed by atoms with E-state index >= 15 is 0 Å². The van der Waals surface area contributed by atoms with Crippen LogP contribution < -0.4 is 10.1 Å². The molecule has 0 unspecified atom stereocenters. The quantitative estimate of drug-likeness (QED) is 0.507. The highest BCUT2D eigenvalue weighted by atomic mass is 19.4. The summed E-state index contributed by atoms with van der Waals surface area (Å²) in [5, 5.41) is 12.4. The van der Waals surface area contributed by atoms with Gasteiger partial charge in [0.1, 0.15) is 11.3 Å². The summed E-state index contributed by atoms with van der Waals surface area (Å²) < 4.78 is 46.8. The second-order valence-electron chi connectivity index (χ2n) is 6.50. The number of hydrogen-bond donors (Lipinski definition) is 2. The maximum Gasteiger partial charge on any atom is 0.417 e. The first kappa shape index (κ1) is 19.5. The van der Waals surface area contributed by atoms with E-state index in [0.29, 0.717) is 23.6 Å². The molecule has 0 saturated carbocycles. The van der Waals surface area contributed by atoms with Gasteiger partial charge in [-0.2, -0.15) is 13.2 Å². The standard InChI is InChI=1S/C20H15F3N4O3/c1-30-12-4-2-11(3-5-12)8-25-18-17-9-24-10-27(17)16-6-13(19(28)29)14(20(21,22)23)7-15(16)26-18/h2-7,9-10H,8H2,1H3,(H,25,26)(H,28,29). The number of ether oxygens (including phenoxy) is 1. The van der Waals surface area contributed by atoms with Crippen LogP contribution in [0.5, 0.6) is 5.75 Å². The molecular formula is C20H15F3N4O3. The summed E-state index contributed by atoms with van der Waals surface area (Å²) >= 11 is 0. The summed E-state index contributed by atoms with van der Waals surface area (Å²) in [6, 6.07) is 9.00. The number of aromatic nitrogens is 3. The topological polar surface area (TPSA) is 88.8 Å². The van der Waals surface area contributed by atoms with E-state index in [-0.39, 0.29) is 11.0 Å². The molecule has 0 bridgehead atoms. The summed E-state index contributed by atoms with van der Waals surface area (Å²) in [6.07, 6.45) is -1.93. The number of benzene rings is 2. The highest BCUT2D eigenvalue weighted by Gasteiger charge is 2.36. The van der Waals surface area contributed by atoms with Crippen LogP contribution >= 0.6 is 0 Å². The van der Waals surface area contributed by atoms with Crippen LogP contribution in [0.15, 0.2) is 48.9 Å². The molecule has 30 heavy (non-hydrogen) atoms. The van der Waals surface area contributed by atoms with Crippen molar-refractivity contribution in [3.63, 3.8) is 0 Å². The van der Waals surface area contributed by atoms with E-state index in [1.54, 1.807) is 19.2 Å². The molecule has 2 aromatic heterocycles. The molecule has 0 amide bonds. The second kappa shape index (κ2) is 7.21. The third-order valence-electron chi connectivity index (χ3n) is 4.64. The van der Waals surface area contributed by atoms with Crippen molar-refractivity contribution in [3.8, 4) is 5.75 Å². The average molecular weight is 416 g/mol. The zero-order chi connectivity index (χ0) is 21.5. The number of nitrogens with one attached hydrogen (secondary N) is 1. The lowest BCUT2D eigenvalue weighted by Gasteiger charge is -2.14. The SMILES string of the molecule is COc1ccc(CNc2nc3cc(C(F)(F)F)c(C(=O)O)cc3n3cncc23)cc1. The molecule has 2 N–H and O–H groups in total. The molecule has 0 aliphatic carbocycles. The van der Waals surface area contributed by atoms with Gasteiger partial charge < -0.3 is 15.2 Å². The van der Waals surface area contributed by atoms with E-state index in [9.17, 15) is 23.1 Å². The molecule has 0 saturated heterocycles. The minimum Gasteiger partial charge on any atom is -0.497 e. The number of methoxy groups -OCH3 is 1. The number of imidazole rings is 1. The predicted molar refractivity (Wildman–Crippen MR) is 103 cm³/mol. The Morgan fingerprint density at radius 1 is 1.20 bits per heavy atom. The normalized spacial score (nSPS) is 11.7. The minimum atomic E-state index is -4.83. The number of rotatable bonds is 5. The van der Waals surface area contributed by atoms with E-state index < -0.39 is 23.3 Å². The predicted octanol–water partition coefficient (Wildman–Crippen LogP) is 4.22. The molecule has 0 aliphatic rings. The van der Waals surface area contributed by atoms with Crippen LogP contribution in [0, 0.1) is 0 Å². The molecule has 154 valence electrons. The van der Waals surface area contributed by atoms with E-state index in [1.807, 2.05) is 12.1 Å². The number of aromatic carboxylic acids is 1. The van der Waals surface area contributed by atoms with Crippen LogP contribution in [0.3, 0.4) is 0 Å². The van der Waals surface area contributed by atoms with Crippen LogP contribution in [0.2, 0.25) is 0 Å². The Labute approximate surface area is 167 Å². The Morgan fingerprint density at radius 3 is 2.57 bits per heavy atom. The van der Waals surface area contributed by atoms with Crippen molar-refractivity contribution in [2.75, 3.05) is 12.4 Å². The first-order valence-electron chi connectivity index (χ1n) is 8.75. The first-order valence-corrected chi connectivity index (χ1v) is 8.75. The number of carboxylic acids is 1. The summed E-state index contributed by atoms with van der Waals surface area (Å²) in [5.74, 6) is -0.638. The molecule has 10 heteroatoms. The van der Waals surface area contributed by atoms with Gasteiger partial charge in [-0.25, -0.2) is 14.8 Å². The first-order chi connectivity index (χ1) is 14.3. The zero-order valence-corrected chi connectivity index (χ0v) is 15.6. The van der Waals surface area contributed by atoms with Gasteiger partial charge in [-0.05, 0) is 29.8 Å². The maximum atomic E-state index is 13.4. The lowest BCUT2D eigenvalue weighted by molar-refractivity contribution is -0.138. The Balaban J connectivity index is 1.80. The van der Waals surface area contributed by atoms with Gasteiger partial charge in [0.2, 0.25) is 0 Å². The molecule has 0 atom stereocenters. The highest BCUT2D eigenvalue weighted by molar-refractivity contribution is 5.96. The van der Waals surface area contributed by atoms with E-state index in [0.717, 1.165) is 17.7 Å². The summed E-state index contributed by atoms with van der Waals surface area (Å²) in [5.41, 5.74) is -0.473. The number of halogens is 3. The fraction of sp³-hybridized carbons (Fsp3) is 0.150. The van der Waals surface area contributed by atoms with Crippen molar-refractivity contribution in [1.29, 1.82) is 0 Å². The molecule has 7 nitrogen and oxygen atoms in total. The van der Waals surface area contributed by atoms with Crippen LogP contribution in [0.1, 0.15) is 21.5 Å². The van der Waals surface area contributed by atoms with Crippen LogP contribution in [0.4, 0.5) is 19.0 Å². The van der Waals surface area contributed by atoms with Crippen molar-refractivity contribution in [2.24, 2.45) is 0 Å². The van der Waals surface area contributed by atoms with Crippen molar-refractivity contribution >= 4 is 28.3 Å². The van der Waals surface area contributed by atoms with Crippen molar-refractivity contribution in [1.82, 2.24) is 14.4 Å². The number of alkyl halides is 3. The number of carboxylic acid groups (broad SMARTS) is 1. The molecule has 0 fully saturated rings. The number of anilines is 1. The summed E-state index contributed by atoms with van der Waals surface area (Å²) in [7, 11) is 1.56.